The molecular weight excluding hydrogens is 286 g/mol. The first kappa shape index (κ1) is 14.1. The average molecular weight is 310 g/mol. The number of rotatable bonds is 7. The molecule has 1 aliphatic rings. The van der Waals surface area contributed by atoms with Gasteiger partial charge in [0.05, 0.1) is 0 Å². The highest BCUT2D eigenvalue weighted by molar-refractivity contribution is 9.10. The Morgan fingerprint density at radius 3 is 2.67 bits per heavy atom. The second kappa shape index (κ2) is 7.30. The van der Waals surface area contributed by atoms with E-state index in [1.54, 1.807) is 0 Å². The number of nitrogens with one attached hydrogen (secondary N) is 1. The molecule has 1 nitrogen and oxygen atoms in total. The predicted octanol–water partition coefficient (Wildman–Crippen LogP) is 4.87. The second-order valence-electron chi connectivity index (χ2n) is 5.40. The first-order valence-electron chi connectivity index (χ1n) is 7.29. The van der Waals surface area contributed by atoms with Crippen molar-refractivity contribution in [2.24, 2.45) is 0 Å². The minimum absolute atomic E-state index is 0.753. The predicted molar refractivity (Wildman–Crippen MR) is 82.0 cm³/mol. The van der Waals surface area contributed by atoms with Crippen LogP contribution in [0.25, 0.3) is 0 Å². The van der Waals surface area contributed by atoms with Gasteiger partial charge in [-0.15, -0.1) is 0 Å². The zero-order valence-electron chi connectivity index (χ0n) is 11.3. The lowest BCUT2D eigenvalue weighted by molar-refractivity contribution is 0.289. The van der Waals surface area contributed by atoms with Gasteiger partial charge < -0.3 is 5.32 Å². The van der Waals surface area contributed by atoms with E-state index < -0.39 is 0 Å². The van der Waals surface area contributed by atoms with Crippen molar-refractivity contribution >= 4 is 15.9 Å². The van der Waals surface area contributed by atoms with Gasteiger partial charge in [-0.1, -0.05) is 60.3 Å². The molecule has 1 N–H and O–H groups in total. The molecule has 100 valence electrons. The molecule has 2 rings (SSSR count). The smallest absolute Gasteiger partial charge is 0.0210 e. The van der Waals surface area contributed by atoms with Gasteiger partial charge in [-0.05, 0) is 43.4 Å². The zero-order chi connectivity index (χ0) is 12.8. The van der Waals surface area contributed by atoms with Crippen LogP contribution in [0.15, 0.2) is 28.7 Å². The molecule has 0 spiro atoms. The van der Waals surface area contributed by atoms with Crippen LogP contribution in [-0.4, -0.2) is 12.6 Å². The largest absolute Gasteiger partial charge is 0.314 e. The molecule has 1 aromatic rings. The van der Waals surface area contributed by atoms with Gasteiger partial charge in [-0.2, -0.15) is 0 Å². The maximum Gasteiger partial charge on any atom is 0.0210 e. The van der Waals surface area contributed by atoms with E-state index in [4.69, 9.17) is 0 Å². The molecule has 0 saturated heterocycles. The average Bonchev–Trinajstić information content (AvgIpc) is 2.33. The van der Waals surface area contributed by atoms with E-state index in [1.807, 2.05) is 0 Å². The number of halogens is 1. The molecule has 2 heteroatoms. The number of benzene rings is 1. The summed E-state index contributed by atoms with van der Waals surface area (Å²) >= 11 is 3.65. The number of unbranched alkanes of at least 4 members (excludes halogenated alkanes) is 3. The van der Waals surface area contributed by atoms with Crippen molar-refractivity contribution in [3.63, 3.8) is 0 Å². The molecular formula is C16H24BrN. The summed E-state index contributed by atoms with van der Waals surface area (Å²) in [6.45, 7) is 3.47. The fraction of sp³-hybridized carbons (Fsp3) is 0.625. The van der Waals surface area contributed by atoms with E-state index in [0.29, 0.717) is 0 Å². The van der Waals surface area contributed by atoms with E-state index in [1.165, 1.54) is 55.1 Å². The summed E-state index contributed by atoms with van der Waals surface area (Å²) in [4.78, 5) is 0. The Balaban J connectivity index is 1.64. The monoisotopic (exact) mass is 309 g/mol. The van der Waals surface area contributed by atoms with E-state index in [9.17, 15) is 0 Å². The zero-order valence-corrected chi connectivity index (χ0v) is 12.9. The maximum absolute atomic E-state index is 3.68. The summed E-state index contributed by atoms with van der Waals surface area (Å²) in [7, 11) is 0. The highest BCUT2D eigenvalue weighted by Crippen LogP contribution is 2.39. The Hall–Kier alpha value is -0.340. The summed E-state index contributed by atoms with van der Waals surface area (Å²) in [6, 6.07) is 9.40. The van der Waals surface area contributed by atoms with Crippen molar-refractivity contribution in [3.8, 4) is 0 Å². The van der Waals surface area contributed by atoms with Crippen LogP contribution in [0.4, 0.5) is 0 Å². The van der Waals surface area contributed by atoms with Crippen LogP contribution >= 0.6 is 15.9 Å². The molecule has 0 bridgehead atoms. The third kappa shape index (κ3) is 3.83. The van der Waals surface area contributed by atoms with Gasteiger partial charge in [0.25, 0.3) is 0 Å². The molecule has 18 heavy (non-hydrogen) atoms. The third-order valence-electron chi connectivity index (χ3n) is 3.95. The van der Waals surface area contributed by atoms with Crippen LogP contribution < -0.4 is 5.32 Å². The quantitative estimate of drug-likeness (QED) is 0.709. The molecule has 0 radical (unpaired) electrons. The number of hydrogen-bond acceptors (Lipinski definition) is 1. The molecule has 1 saturated carbocycles. The molecule has 0 aliphatic heterocycles. The standard InChI is InChI=1S/C16H24BrN/c1-2-3-4-7-10-18-14-11-13(12-14)15-8-5-6-9-16(15)17/h5-6,8-9,13-14,18H,2-4,7,10-12H2,1H3. The Labute approximate surface area is 119 Å². The first-order chi connectivity index (χ1) is 8.81. The van der Waals surface area contributed by atoms with Crippen molar-refractivity contribution in [1.29, 1.82) is 0 Å². The van der Waals surface area contributed by atoms with Crippen LogP contribution in [0.3, 0.4) is 0 Å². The summed E-state index contributed by atoms with van der Waals surface area (Å²) in [5.74, 6) is 0.758. The third-order valence-corrected chi connectivity index (χ3v) is 4.67. The summed E-state index contributed by atoms with van der Waals surface area (Å²) < 4.78 is 1.27. The highest BCUT2D eigenvalue weighted by atomic mass is 79.9. The van der Waals surface area contributed by atoms with E-state index in [-0.39, 0.29) is 0 Å². The molecule has 1 fully saturated rings. The number of hydrogen-bond donors (Lipinski definition) is 1. The SMILES string of the molecule is CCCCCCNC1CC(c2ccccc2Br)C1. The molecule has 1 aromatic carbocycles. The van der Waals surface area contributed by atoms with Crippen LogP contribution in [0, 0.1) is 0 Å². The lowest BCUT2D eigenvalue weighted by Gasteiger charge is -2.37. The summed E-state index contributed by atoms with van der Waals surface area (Å²) in [6.07, 6.45) is 8.03. The van der Waals surface area contributed by atoms with Gasteiger partial charge in [0.1, 0.15) is 0 Å². The normalized spacial score (nSPS) is 22.8. The van der Waals surface area contributed by atoms with Gasteiger partial charge in [-0.25, -0.2) is 0 Å². The van der Waals surface area contributed by atoms with Crippen molar-refractivity contribution in [1.82, 2.24) is 5.32 Å². The molecule has 0 heterocycles. The van der Waals surface area contributed by atoms with Crippen LogP contribution in [0.2, 0.25) is 0 Å². The van der Waals surface area contributed by atoms with Gasteiger partial charge in [0, 0.05) is 10.5 Å². The topological polar surface area (TPSA) is 12.0 Å². The fourth-order valence-electron chi connectivity index (χ4n) is 2.70. The van der Waals surface area contributed by atoms with E-state index in [2.05, 4.69) is 52.4 Å². The van der Waals surface area contributed by atoms with Crippen molar-refractivity contribution in [2.45, 2.75) is 57.4 Å². The minimum Gasteiger partial charge on any atom is -0.314 e. The van der Waals surface area contributed by atoms with Gasteiger partial charge in [0.2, 0.25) is 0 Å². The van der Waals surface area contributed by atoms with Crippen molar-refractivity contribution in [3.05, 3.63) is 34.3 Å². The van der Waals surface area contributed by atoms with Crippen molar-refractivity contribution in [2.75, 3.05) is 6.54 Å². The fourth-order valence-corrected chi connectivity index (χ4v) is 3.31. The minimum atomic E-state index is 0.753. The van der Waals surface area contributed by atoms with Gasteiger partial charge in [0.15, 0.2) is 0 Å². The lowest BCUT2D eigenvalue weighted by atomic mass is 9.76. The first-order valence-corrected chi connectivity index (χ1v) is 8.08. The van der Waals surface area contributed by atoms with Crippen LogP contribution in [0.5, 0.6) is 0 Å². The maximum atomic E-state index is 3.68. The molecule has 0 amide bonds. The van der Waals surface area contributed by atoms with E-state index >= 15 is 0 Å². The van der Waals surface area contributed by atoms with E-state index in [0.717, 1.165) is 12.0 Å². The summed E-state index contributed by atoms with van der Waals surface area (Å²) in [5, 5.41) is 3.68. The van der Waals surface area contributed by atoms with Gasteiger partial charge in [-0.3, -0.25) is 0 Å². The Bertz CT molecular complexity index is 358. The highest BCUT2D eigenvalue weighted by Gasteiger charge is 2.30. The summed E-state index contributed by atoms with van der Waals surface area (Å²) in [5.41, 5.74) is 1.49. The second-order valence-corrected chi connectivity index (χ2v) is 6.26. The van der Waals surface area contributed by atoms with Gasteiger partial charge >= 0.3 is 0 Å². The molecule has 0 aromatic heterocycles. The Morgan fingerprint density at radius 2 is 1.94 bits per heavy atom. The van der Waals surface area contributed by atoms with Crippen LogP contribution in [-0.2, 0) is 0 Å². The molecule has 1 aliphatic carbocycles. The molecule has 0 unspecified atom stereocenters. The Kier molecular flexibility index (Phi) is 5.71. The van der Waals surface area contributed by atoms with Crippen molar-refractivity contribution < 1.29 is 0 Å². The molecule has 0 atom stereocenters. The lowest BCUT2D eigenvalue weighted by Crippen LogP contribution is -2.40. The Morgan fingerprint density at radius 1 is 1.17 bits per heavy atom. The van der Waals surface area contributed by atoms with Crippen LogP contribution in [0.1, 0.15) is 56.9 Å².